The van der Waals surface area contributed by atoms with Gasteiger partial charge in [-0.05, 0) is 77.6 Å². The van der Waals surface area contributed by atoms with Gasteiger partial charge in [0.2, 0.25) is 0 Å². The number of para-hydroxylation sites is 2. The monoisotopic (exact) mass is 432 g/mol. The molecule has 0 aliphatic carbocycles. The van der Waals surface area contributed by atoms with E-state index >= 15 is 0 Å². The zero-order valence-electron chi connectivity index (χ0n) is 19.6. The van der Waals surface area contributed by atoms with Crippen molar-refractivity contribution in [1.29, 1.82) is 10.5 Å². The molecule has 0 spiro atoms. The SMILES string of the molecule is C[C@H]1CCCN1CCCN1C(=C(C#N)C#N)N(CCCN2CCC[C@@H]2C)c2ccccc21. The van der Waals surface area contributed by atoms with Crippen LogP contribution in [0.25, 0.3) is 0 Å². The fraction of sp³-hybridized carbons (Fsp3) is 0.615. The van der Waals surface area contributed by atoms with Crippen LogP contribution in [0.4, 0.5) is 11.4 Å². The Hall–Kier alpha value is -2.54. The predicted octanol–water partition coefficient (Wildman–Crippen LogP) is 4.32. The molecule has 3 heterocycles. The number of hydrogen-bond acceptors (Lipinski definition) is 6. The number of likely N-dealkylation sites (tertiary alicyclic amines) is 2. The minimum Gasteiger partial charge on any atom is -0.324 e. The Labute approximate surface area is 193 Å². The Kier molecular flexibility index (Phi) is 7.35. The summed E-state index contributed by atoms with van der Waals surface area (Å²) in [5.41, 5.74) is 2.45. The van der Waals surface area contributed by atoms with Gasteiger partial charge in [0.1, 0.15) is 18.0 Å². The standard InChI is InChI=1S/C26H36N6/c1-21-9-5-13-29(21)15-7-17-31-24-11-3-4-12-25(24)32(26(31)23(19-27)20-28)18-8-16-30-14-6-10-22(30)2/h3-4,11-12,21-22H,5-10,13-18H2,1-2H3/t21-,22-/m0/s1. The lowest BCUT2D eigenvalue weighted by Crippen LogP contribution is -2.35. The zero-order chi connectivity index (χ0) is 22.5. The predicted molar refractivity (Wildman–Crippen MR) is 129 cm³/mol. The summed E-state index contributed by atoms with van der Waals surface area (Å²) in [5.74, 6) is 0.778. The molecule has 0 amide bonds. The number of benzene rings is 1. The average Bonchev–Trinajstić information content (AvgIpc) is 3.49. The molecule has 0 aromatic heterocycles. The van der Waals surface area contributed by atoms with Gasteiger partial charge in [-0.3, -0.25) is 0 Å². The van der Waals surface area contributed by atoms with Gasteiger partial charge in [-0.25, -0.2) is 0 Å². The third kappa shape index (κ3) is 4.63. The first kappa shape index (κ1) is 22.6. The van der Waals surface area contributed by atoms with E-state index in [9.17, 15) is 10.5 Å². The summed E-state index contributed by atoms with van der Waals surface area (Å²) in [6, 6.07) is 14.0. The maximum absolute atomic E-state index is 9.77. The Morgan fingerprint density at radius 3 is 1.66 bits per heavy atom. The molecule has 0 bridgehead atoms. The smallest absolute Gasteiger partial charge is 0.170 e. The van der Waals surface area contributed by atoms with Gasteiger partial charge in [0.25, 0.3) is 0 Å². The molecule has 2 fully saturated rings. The molecule has 0 radical (unpaired) electrons. The Balaban J connectivity index is 1.51. The van der Waals surface area contributed by atoms with Gasteiger partial charge in [-0.15, -0.1) is 0 Å². The molecule has 3 aliphatic rings. The van der Waals surface area contributed by atoms with Gasteiger partial charge < -0.3 is 19.6 Å². The van der Waals surface area contributed by atoms with Crippen LogP contribution in [0.3, 0.4) is 0 Å². The Morgan fingerprint density at radius 1 is 0.812 bits per heavy atom. The van der Waals surface area contributed by atoms with Crippen LogP contribution in [-0.2, 0) is 0 Å². The lowest BCUT2D eigenvalue weighted by atomic mass is 10.2. The van der Waals surface area contributed by atoms with Crippen LogP contribution in [-0.4, -0.2) is 61.2 Å². The Morgan fingerprint density at radius 2 is 1.28 bits per heavy atom. The highest BCUT2D eigenvalue weighted by Gasteiger charge is 2.34. The van der Waals surface area contributed by atoms with Crippen LogP contribution < -0.4 is 9.80 Å². The second kappa shape index (κ2) is 10.4. The molecule has 4 rings (SSSR count). The topological polar surface area (TPSA) is 60.5 Å². The van der Waals surface area contributed by atoms with Crippen molar-refractivity contribution in [1.82, 2.24) is 9.80 Å². The van der Waals surface area contributed by atoms with Gasteiger partial charge in [-0.2, -0.15) is 10.5 Å². The Bertz CT molecular complexity index is 839. The first-order chi connectivity index (χ1) is 15.6. The normalized spacial score (nSPS) is 23.4. The van der Waals surface area contributed by atoms with Gasteiger partial charge >= 0.3 is 0 Å². The maximum atomic E-state index is 9.77. The van der Waals surface area contributed by atoms with E-state index in [1.54, 1.807) is 0 Å². The molecular weight excluding hydrogens is 396 g/mol. The second-order valence-corrected chi connectivity index (χ2v) is 9.48. The number of hydrogen-bond donors (Lipinski definition) is 0. The van der Waals surface area contributed by atoms with Crippen molar-refractivity contribution in [2.75, 3.05) is 49.1 Å². The van der Waals surface area contributed by atoms with Crippen LogP contribution >= 0.6 is 0 Å². The third-order valence-electron chi connectivity index (χ3n) is 7.46. The summed E-state index contributed by atoms with van der Waals surface area (Å²) < 4.78 is 0. The number of nitrogens with zero attached hydrogens (tertiary/aromatic N) is 6. The van der Waals surface area contributed by atoms with Crippen molar-refractivity contribution in [3.8, 4) is 12.1 Å². The molecule has 32 heavy (non-hydrogen) atoms. The summed E-state index contributed by atoms with van der Waals surface area (Å²) in [6.07, 6.45) is 7.18. The van der Waals surface area contributed by atoms with Crippen molar-refractivity contribution < 1.29 is 0 Å². The van der Waals surface area contributed by atoms with E-state index in [1.807, 2.05) is 0 Å². The first-order valence-corrected chi connectivity index (χ1v) is 12.3. The molecule has 6 nitrogen and oxygen atoms in total. The largest absolute Gasteiger partial charge is 0.324 e. The van der Waals surface area contributed by atoms with Crippen molar-refractivity contribution in [3.05, 3.63) is 35.7 Å². The molecule has 170 valence electrons. The second-order valence-electron chi connectivity index (χ2n) is 9.48. The highest BCUT2D eigenvalue weighted by Crippen LogP contribution is 2.42. The molecule has 0 unspecified atom stereocenters. The summed E-state index contributed by atoms with van der Waals surface area (Å²) in [7, 11) is 0. The van der Waals surface area contributed by atoms with Crippen molar-refractivity contribution >= 4 is 11.4 Å². The quantitative estimate of drug-likeness (QED) is 0.570. The van der Waals surface area contributed by atoms with Crippen LogP contribution in [0, 0.1) is 22.7 Å². The number of fused-ring (bicyclic) bond motifs is 1. The van der Waals surface area contributed by atoms with Gasteiger partial charge in [0, 0.05) is 38.3 Å². The first-order valence-electron chi connectivity index (χ1n) is 12.3. The summed E-state index contributed by atoms with van der Waals surface area (Å²) in [4.78, 5) is 9.57. The highest BCUT2D eigenvalue weighted by atomic mass is 15.4. The molecule has 0 saturated carbocycles. The molecule has 1 aromatic carbocycles. The third-order valence-corrected chi connectivity index (χ3v) is 7.46. The van der Waals surface area contributed by atoms with E-state index in [-0.39, 0.29) is 5.57 Å². The van der Waals surface area contributed by atoms with E-state index in [1.165, 1.54) is 38.8 Å². The molecule has 3 aliphatic heterocycles. The van der Waals surface area contributed by atoms with Crippen LogP contribution in [0.1, 0.15) is 52.4 Å². The average molecular weight is 433 g/mol. The molecular formula is C26H36N6. The van der Waals surface area contributed by atoms with Crippen molar-refractivity contribution in [3.63, 3.8) is 0 Å². The zero-order valence-corrected chi connectivity index (χ0v) is 19.6. The van der Waals surface area contributed by atoms with Crippen LogP contribution in [0.5, 0.6) is 0 Å². The van der Waals surface area contributed by atoms with Crippen LogP contribution in [0.2, 0.25) is 0 Å². The lowest BCUT2D eigenvalue weighted by molar-refractivity contribution is 0.266. The number of anilines is 2. The maximum Gasteiger partial charge on any atom is 0.170 e. The minimum absolute atomic E-state index is 0.213. The van der Waals surface area contributed by atoms with Crippen LogP contribution in [0.15, 0.2) is 35.7 Å². The molecule has 0 N–H and O–H groups in total. The molecule has 2 saturated heterocycles. The van der Waals surface area contributed by atoms with Crippen molar-refractivity contribution in [2.24, 2.45) is 0 Å². The van der Waals surface area contributed by atoms with Gasteiger partial charge in [0.05, 0.1) is 11.4 Å². The van der Waals surface area contributed by atoms with E-state index < -0.39 is 0 Å². The minimum atomic E-state index is 0.213. The van der Waals surface area contributed by atoms with E-state index in [0.29, 0.717) is 12.1 Å². The summed E-state index contributed by atoms with van der Waals surface area (Å²) in [5, 5.41) is 19.5. The van der Waals surface area contributed by atoms with Gasteiger partial charge in [0.15, 0.2) is 5.57 Å². The molecule has 1 aromatic rings. The summed E-state index contributed by atoms with van der Waals surface area (Å²) in [6.45, 7) is 10.8. The van der Waals surface area contributed by atoms with Gasteiger partial charge in [-0.1, -0.05) is 12.1 Å². The fourth-order valence-electron chi connectivity index (χ4n) is 5.66. The van der Waals surface area contributed by atoms with E-state index in [4.69, 9.17) is 0 Å². The number of nitriles is 2. The van der Waals surface area contributed by atoms with Crippen molar-refractivity contribution in [2.45, 2.75) is 64.5 Å². The van der Waals surface area contributed by atoms with E-state index in [0.717, 1.165) is 56.2 Å². The summed E-state index contributed by atoms with van der Waals surface area (Å²) >= 11 is 0. The van der Waals surface area contributed by atoms with E-state index in [2.05, 4.69) is 69.9 Å². The highest BCUT2D eigenvalue weighted by molar-refractivity contribution is 5.84. The molecule has 6 heteroatoms. The molecule has 2 atom stereocenters. The number of rotatable bonds is 8. The number of allylic oxidation sites excluding steroid dienone is 1. The fourth-order valence-corrected chi connectivity index (χ4v) is 5.66. The lowest BCUT2D eigenvalue weighted by Gasteiger charge is -2.28.